The topological polar surface area (TPSA) is 68.7 Å². The summed E-state index contributed by atoms with van der Waals surface area (Å²) in [5, 5.41) is 0.810. The number of aryl methyl sites for hydroxylation is 1. The van der Waals surface area contributed by atoms with Gasteiger partial charge in [-0.3, -0.25) is 4.79 Å². The van der Waals surface area contributed by atoms with E-state index in [-0.39, 0.29) is 11.6 Å². The molecule has 3 aromatic rings. The Morgan fingerprint density at radius 2 is 2.13 bits per heavy atom. The molecular formula is C23H30N3O3S+. The number of nitrogens with zero attached hydrogens (tertiary/aromatic N) is 1. The minimum atomic E-state index is 0.000615. The van der Waals surface area contributed by atoms with Gasteiger partial charge in [0.2, 0.25) is 0 Å². The third-order valence-corrected chi connectivity index (χ3v) is 7.44. The number of H-pyrrole nitrogens is 1. The van der Waals surface area contributed by atoms with Crippen molar-refractivity contribution in [3.8, 4) is 11.5 Å². The Bertz CT molecular complexity index is 1120. The molecule has 0 aliphatic heterocycles. The average Bonchev–Trinajstić information content (AvgIpc) is 3.10. The number of rotatable bonds is 6. The summed E-state index contributed by atoms with van der Waals surface area (Å²) in [6.45, 7) is 5.10. The monoisotopic (exact) mass is 428 g/mol. The van der Waals surface area contributed by atoms with Crippen molar-refractivity contribution in [2.24, 2.45) is 5.92 Å². The molecule has 1 aliphatic carbocycles. The van der Waals surface area contributed by atoms with Gasteiger partial charge in [-0.1, -0.05) is 13.0 Å². The summed E-state index contributed by atoms with van der Waals surface area (Å²) >= 11 is 1.70. The number of hydrogen-bond acceptors (Lipinski definition) is 5. The number of thiophene rings is 1. The SMILES string of the molecule is COc1cccc(C[NH+](C)[C@@H](C)c2nc3sc4c(c3c(=O)[nH]2)CC[C@@H](C)C4)c1OC. The van der Waals surface area contributed by atoms with Crippen LogP contribution in [-0.2, 0) is 19.4 Å². The number of aromatic amines is 1. The fourth-order valence-corrected chi connectivity index (χ4v) is 5.74. The van der Waals surface area contributed by atoms with Crippen LogP contribution < -0.4 is 19.9 Å². The van der Waals surface area contributed by atoms with E-state index in [1.165, 1.54) is 15.3 Å². The van der Waals surface area contributed by atoms with E-state index < -0.39 is 0 Å². The summed E-state index contributed by atoms with van der Waals surface area (Å²) < 4.78 is 11.0. The maximum Gasteiger partial charge on any atom is 0.260 e. The molecule has 0 saturated heterocycles. The van der Waals surface area contributed by atoms with Gasteiger partial charge in [-0.15, -0.1) is 11.3 Å². The fourth-order valence-electron chi connectivity index (χ4n) is 4.35. The Balaban J connectivity index is 1.63. The van der Waals surface area contributed by atoms with Crippen LogP contribution in [0.25, 0.3) is 10.2 Å². The van der Waals surface area contributed by atoms with Gasteiger partial charge in [-0.05, 0) is 49.8 Å². The van der Waals surface area contributed by atoms with Crippen molar-refractivity contribution >= 4 is 21.6 Å². The predicted octanol–water partition coefficient (Wildman–Crippen LogP) is 2.90. The minimum absolute atomic E-state index is 0.000615. The van der Waals surface area contributed by atoms with Crippen molar-refractivity contribution < 1.29 is 14.4 Å². The van der Waals surface area contributed by atoms with Crippen LogP contribution in [0, 0.1) is 5.92 Å². The molecule has 2 aromatic heterocycles. The van der Waals surface area contributed by atoms with Crippen molar-refractivity contribution in [2.45, 2.75) is 45.7 Å². The molecule has 4 rings (SSSR count). The van der Waals surface area contributed by atoms with Crippen LogP contribution in [0.3, 0.4) is 0 Å². The summed E-state index contributed by atoms with van der Waals surface area (Å²) in [5.41, 5.74) is 2.29. The fraction of sp³-hybridized carbons (Fsp3) is 0.478. The molecular weight excluding hydrogens is 398 g/mol. The molecule has 0 saturated carbocycles. The minimum Gasteiger partial charge on any atom is -0.493 e. The number of para-hydroxylation sites is 1. The predicted molar refractivity (Wildman–Crippen MR) is 120 cm³/mol. The Kier molecular flexibility index (Phi) is 5.84. The molecule has 30 heavy (non-hydrogen) atoms. The van der Waals surface area contributed by atoms with Crippen molar-refractivity contribution in [1.29, 1.82) is 0 Å². The smallest absolute Gasteiger partial charge is 0.260 e. The molecule has 0 amide bonds. The number of nitrogens with one attached hydrogen (secondary N) is 2. The molecule has 3 atom stereocenters. The van der Waals surface area contributed by atoms with Crippen molar-refractivity contribution in [2.75, 3.05) is 21.3 Å². The lowest BCUT2D eigenvalue weighted by atomic mass is 9.89. The van der Waals surface area contributed by atoms with Crippen LogP contribution in [0.2, 0.25) is 0 Å². The summed E-state index contributed by atoms with van der Waals surface area (Å²) in [5.74, 6) is 2.89. The van der Waals surface area contributed by atoms with Crippen LogP contribution >= 0.6 is 11.3 Å². The summed E-state index contributed by atoms with van der Waals surface area (Å²) in [4.78, 5) is 24.3. The number of aromatic nitrogens is 2. The standard InChI is InChI=1S/C23H29N3O3S/c1-13-9-10-16-18(11-13)30-23-19(16)22(27)24-21(25-23)14(2)26(3)12-15-7-6-8-17(28-4)20(15)29-5/h6-8,13-14H,9-12H2,1-5H3,(H,24,25,27)/p+1/t13-,14+/m1/s1. The number of ether oxygens (including phenoxy) is 2. The molecule has 2 N–H and O–H groups in total. The van der Waals surface area contributed by atoms with Gasteiger partial charge in [0, 0.05) is 4.88 Å². The first kappa shape index (κ1) is 20.9. The Labute approximate surface area is 180 Å². The second-order valence-electron chi connectivity index (χ2n) is 8.38. The van der Waals surface area contributed by atoms with Gasteiger partial charge < -0.3 is 19.4 Å². The van der Waals surface area contributed by atoms with Gasteiger partial charge in [0.1, 0.15) is 17.4 Å². The molecule has 0 bridgehead atoms. The number of benzene rings is 1. The largest absolute Gasteiger partial charge is 0.493 e. The zero-order valence-electron chi connectivity index (χ0n) is 18.3. The highest BCUT2D eigenvalue weighted by atomic mass is 32.1. The van der Waals surface area contributed by atoms with Crippen LogP contribution in [0.5, 0.6) is 11.5 Å². The van der Waals surface area contributed by atoms with E-state index in [0.29, 0.717) is 5.92 Å². The molecule has 1 unspecified atom stereocenters. The van der Waals surface area contributed by atoms with Crippen LogP contribution in [-0.4, -0.2) is 31.2 Å². The summed E-state index contributed by atoms with van der Waals surface area (Å²) in [7, 11) is 5.41. The van der Waals surface area contributed by atoms with E-state index in [1.54, 1.807) is 25.6 Å². The highest BCUT2D eigenvalue weighted by Crippen LogP contribution is 2.36. The summed E-state index contributed by atoms with van der Waals surface area (Å²) in [6, 6.07) is 5.94. The van der Waals surface area contributed by atoms with Gasteiger partial charge in [-0.25, -0.2) is 4.98 Å². The number of methoxy groups -OCH3 is 2. The zero-order chi connectivity index (χ0) is 21.4. The number of fused-ring (bicyclic) bond motifs is 3. The van der Waals surface area contributed by atoms with E-state index in [4.69, 9.17) is 14.5 Å². The van der Waals surface area contributed by atoms with Crippen molar-refractivity contribution in [1.82, 2.24) is 9.97 Å². The molecule has 2 heterocycles. The van der Waals surface area contributed by atoms with Gasteiger partial charge in [-0.2, -0.15) is 0 Å². The van der Waals surface area contributed by atoms with E-state index in [9.17, 15) is 4.79 Å². The van der Waals surface area contributed by atoms with Crippen molar-refractivity contribution in [3.63, 3.8) is 0 Å². The maximum atomic E-state index is 12.9. The lowest BCUT2D eigenvalue weighted by molar-refractivity contribution is -0.924. The van der Waals surface area contributed by atoms with E-state index in [1.807, 2.05) is 18.2 Å². The number of quaternary nitrogens is 1. The molecule has 0 radical (unpaired) electrons. The van der Waals surface area contributed by atoms with Crippen LogP contribution in [0.4, 0.5) is 0 Å². The quantitative estimate of drug-likeness (QED) is 0.634. The second kappa shape index (κ2) is 8.40. The molecule has 0 fully saturated rings. The molecule has 1 aromatic carbocycles. The van der Waals surface area contributed by atoms with E-state index in [0.717, 1.165) is 58.9 Å². The van der Waals surface area contributed by atoms with E-state index >= 15 is 0 Å². The lowest BCUT2D eigenvalue weighted by Gasteiger charge is -2.22. The zero-order valence-corrected chi connectivity index (χ0v) is 19.1. The first-order valence-corrected chi connectivity index (χ1v) is 11.3. The Hall–Kier alpha value is -2.38. The van der Waals surface area contributed by atoms with Gasteiger partial charge >= 0.3 is 0 Å². The molecule has 7 heteroatoms. The van der Waals surface area contributed by atoms with Gasteiger partial charge in [0.25, 0.3) is 5.56 Å². The average molecular weight is 429 g/mol. The lowest BCUT2D eigenvalue weighted by Crippen LogP contribution is -3.07. The van der Waals surface area contributed by atoms with Crippen LogP contribution in [0.15, 0.2) is 23.0 Å². The third kappa shape index (κ3) is 3.72. The molecule has 6 nitrogen and oxygen atoms in total. The Morgan fingerprint density at radius 3 is 2.87 bits per heavy atom. The normalized spacial score (nSPS) is 18.1. The van der Waals surface area contributed by atoms with Gasteiger partial charge in [0.15, 0.2) is 17.3 Å². The first-order valence-electron chi connectivity index (χ1n) is 10.5. The second-order valence-corrected chi connectivity index (χ2v) is 9.46. The summed E-state index contributed by atoms with van der Waals surface area (Å²) in [6.07, 6.45) is 3.18. The maximum absolute atomic E-state index is 12.9. The van der Waals surface area contributed by atoms with Crippen molar-refractivity contribution in [3.05, 3.63) is 50.4 Å². The number of hydrogen-bond donors (Lipinski definition) is 2. The highest BCUT2D eigenvalue weighted by Gasteiger charge is 2.26. The molecule has 160 valence electrons. The first-order chi connectivity index (χ1) is 14.4. The highest BCUT2D eigenvalue weighted by molar-refractivity contribution is 7.18. The Morgan fingerprint density at radius 1 is 1.33 bits per heavy atom. The third-order valence-electron chi connectivity index (χ3n) is 6.29. The molecule has 1 aliphatic rings. The molecule has 0 spiro atoms. The van der Waals surface area contributed by atoms with E-state index in [2.05, 4.69) is 25.9 Å². The van der Waals surface area contributed by atoms with Crippen LogP contribution in [0.1, 0.15) is 48.1 Å². The van der Waals surface area contributed by atoms with Gasteiger partial charge in [0.05, 0.1) is 32.2 Å².